The lowest BCUT2D eigenvalue weighted by Gasteiger charge is -2.11. The number of imidazole rings is 1. The van der Waals surface area contributed by atoms with Crippen LogP contribution >= 0.6 is 0 Å². The maximum absolute atomic E-state index is 15.0. The van der Waals surface area contributed by atoms with Gasteiger partial charge in [0.2, 0.25) is 11.8 Å². The molecule has 1 fully saturated rings. The fourth-order valence-electron chi connectivity index (χ4n) is 3.88. The third-order valence-corrected chi connectivity index (χ3v) is 5.42. The summed E-state index contributed by atoms with van der Waals surface area (Å²) in [6.07, 6.45) is 3.71. The van der Waals surface area contributed by atoms with Crippen molar-refractivity contribution in [1.82, 2.24) is 20.0 Å². The Morgan fingerprint density at radius 1 is 1.28 bits per heavy atom. The number of aromatic nitrogens is 2. The van der Waals surface area contributed by atoms with Crippen molar-refractivity contribution in [3.8, 4) is 11.1 Å². The Kier molecular flexibility index (Phi) is 5.89. The van der Waals surface area contributed by atoms with Gasteiger partial charge in [-0.15, -0.1) is 0 Å². The molecule has 0 aliphatic carbocycles. The summed E-state index contributed by atoms with van der Waals surface area (Å²) in [5, 5.41) is 5.53. The molecule has 1 aliphatic heterocycles. The quantitative estimate of drug-likeness (QED) is 0.576. The van der Waals surface area contributed by atoms with Crippen LogP contribution in [0.25, 0.3) is 16.8 Å². The second kappa shape index (κ2) is 8.78. The largest absolute Gasteiger partial charge is 0.461 e. The number of carbonyl (C=O) groups excluding carboxylic acids is 3. The van der Waals surface area contributed by atoms with Crippen LogP contribution in [0.3, 0.4) is 0 Å². The minimum Gasteiger partial charge on any atom is -0.461 e. The SMILES string of the molecule is CCOC(=O)c1cn2cc(-c3ccc([C@@H]4CC(CNC(C)=O)NC4=O)cc3F)ccc2n1. The first-order chi connectivity index (χ1) is 15.4. The molecule has 1 aliphatic rings. The zero-order chi connectivity index (χ0) is 22.8. The summed E-state index contributed by atoms with van der Waals surface area (Å²) in [5.41, 5.74) is 2.29. The van der Waals surface area contributed by atoms with E-state index in [1.165, 1.54) is 13.0 Å². The molecule has 2 amide bonds. The Labute approximate surface area is 183 Å². The normalized spacial score (nSPS) is 17.9. The maximum Gasteiger partial charge on any atom is 0.358 e. The van der Waals surface area contributed by atoms with Crippen LogP contribution in [0.1, 0.15) is 42.2 Å². The van der Waals surface area contributed by atoms with Crippen molar-refractivity contribution in [2.75, 3.05) is 13.2 Å². The molecule has 2 aromatic heterocycles. The smallest absolute Gasteiger partial charge is 0.358 e. The molecule has 0 saturated carbocycles. The Morgan fingerprint density at radius 3 is 2.81 bits per heavy atom. The highest BCUT2D eigenvalue weighted by atomic mass is 19.1. The van der Waals surface area contributed by atoms with Crippen LogP contribution in [0.15, 0.2) is 42.7 Å². The molecule has 9 heteroatoms. The van der Waals surface area contributed by atoms with E-state index in [9.17, 15) is 14.4 Å². The number of pyridine rings is 1. The Morgan fingerprint density at radius 2 is 2.09 bits per heavy atom. The van der Waals surface area contributed by atoms with Crippen molar-refractivity contribution in [2.45, 2.75) is 32.2 Å². The van der Waals surface area contributed by atoms with Crippen LogP contribution in [-0.4, -0.2) is 46.4 Å². The van der Waals surface area contributed by atoms with Crippen LogP contribution in [0.4, 0.5) is 4.39 Å². The lowest BCUT2D eigenvalue weighted by molar-refractivity contribution is -0.121. The molecule has 1 aromatic carbocycles. The van der Waals surface area contributed by atoms with E-state index in [4.69, 9.17) is 4.74 Å². The minimum absolute atomic E-state index is 0.165. The van der Waals surface area contributed by atoms with Gasteiger partial charge in [-0.25, -0.2) is 14.2 Å². The summed E-state index contributed by atoms with van der Waals surface area (Å²) in [5.74, 6) is -1.78. The van der Waals surface area contributed by atoms with E-state index >= 15 is 4.39 Å². The van der Waals surface area contributed by atoms with E-state index < -0.39 is 17.7 Å². The summed E-state index contributed by atoms with van der Waals surface area (Å²) in [6.45, 7) is 3.73. The van der Waals surface area contributed by atoms with Crippen LogP contribution in [0, 0.1) is 5.82 Å². The molecule has 32 heavy (non-hydrogen) atoms. The summed E-state index contributed by atoms with van der Waals surface area (Å²) in [6, 6.07) is 8.00. The van der Waals surface area contributed by atoms with Crippen LogP contribution in [0.5, 0.6) is 0 Å². The number of halogens is 1. The number of ether oxygens (including phenoxy) is 1. The summed E-state index contributed by atoms with van der Waals surface area (Å²) >= 11 is 0. The molecule has 8 nitrogen and oxygen atoms in total. The lowest BCUT2D eigenvalue weighted by Crippen LogP contribution is -2.37. The van der Waals surface area contributed by atoms with E-state index in [0.717, 1.165) is 0 Å². The molecular formula is C23H23FN4O4. The molecule has 0 spiro atoms. The predicted octanol–water partition coefficient (Wildman–Crippen LogP) is 2.43. The summed E-state index contributed by atoms with van der Waals surface area (Å²) in [7, 11) is 0. The second-order valence-electron chi connectivity index (χ2n) is 7.70. The van der Waals surface area contributed by atoms with Crippen molar-refractivity contribution in [3.63, 3.8) is 0 Å². The van der Waals surface area contributed by atoms with Gasteiger partial charge in [0.15, 0.2) is 5.69 Å². The van der Waals surface area contributed by atoms with Crippen LogP contribution in [-0.2, 0) is 14.3 Å². The van der Waals surface area contributed by atoms with Gasteiger partial charge >= 0.3 is 5.97 Å². The number of fused-ring (bicyclic) bond motifs is 1. The third-order valence-electron chi connectivity index (χ3n) is 5.42. The first-order valence-electron chi connectivity index (χ1n) is 10.4. The van der Waals surface area contributed by atoms with Gasteiger partial charge in [0.1, 0.15) is 11.5 Å². The molecular weight excluding hydrogens is 415 g/mol. The molecule has 0 radical (unpaired) electrons. The topological polar surface area (TPSA) is 102 Å². The van der Waals surface area contributed by atoms with Gasteiger partial charge < -0.3 is 19.8 Å². The van der Waals surface area contributed by atoms with Gasteiger partial charge in [0, 0.05) is 43.0 Å². The predicted molar refractivity (Wildman–Crippen MR) is 115 cm³/mol. The monoisotopic (exact) mass is 438 g/mol. The third kappa shape index (κ3) is 4.32. The molecule has 4 rings (SSSR count). The number of hydrogen-bond donors (Lipinski definition) is 2. The first-order valence-corrected chi connectivity index (χ1v) is 10.4. The average Bonchev–Trinajstić information content (AvgIpc) is 3.35. The molecule has 0 bridgehead atoms. The van der Waals surface area contributed by atoms with Crippen LogP contribution in [0.2, 0.25) is 0 Å². The Balaban J connectivity index is 1.55. The summed E-state index contributed by atoms with van der Waals surface area (Å²) < 4.78 is 21.6. The van der Waals surface area contributed by atoms with E-state index in [2.05, 4.69) is 15.6 Å². The van der Waals surface area contributed by atoms with Gasteiger partial charge in [0.05, 0.1) is 12.5 Å². The number of amides is 2. The number of benzene rings is 1. The highest BCUT2D eigenvalue weighted by Gasteiger charge is 2.33. The minimum atomic E-state index is -0.514. The highest BCUT2D eigenvalue weighted by molar-refractivity contribution is 5.88. The van der Waals surface area contributed by atoms with Crippen molar-refractivity contribution in [3.05, 3.63) is 59.8 Å². The summed E-state index contributed by atoms with van der Waals surface area (Å²) in [4.78, 5) is 39.6. The van der Waals surface area contributed by atoms with Gasteiger partial charge in [-0.05, 0) is 37.1 Å². The van der Waals surface area contributed by atoms with Gasteiger partial charge in [0.25, 0.3) is 0 Å². The lowest BCUT2D eigenvalue weighted by atomic mass is 9.93. The van der Waals surface area contributed by atoms with Crippen molar-refractivity contribution < 1.29 is 23.5 Å². The number of nitrogens with zero attached hydrogens (tertiary/aromatic N) is 2. The molecule has 1 saturated heterocycles. The number of rotatable bonds is 6. The fraction of sp³-hybridized carbons (Fsp3) is 0.304. The number of hydrogen-bond acceptors (Lipinski definition) is 5. The molecule has 3 heterocycles. The first kappa shape index (κ1) is 21.5. The number of esters is 1. The van der Waals surface area contributed by atoms with Gasteiger partial charge in [-0.2, -0.15) is 0 Å². The van der Waals surface area contributed by atoms with Gasteiger partial charge in [-0.3, -0.25) is 9.59 Å². The molecule has 3 aromatic rings. The van der Waals surface area contributed by atoms with Crippen molar-refractivity contribution >= 4 is 23.4 Å². The number of carbonyl (C=O) groups is 3. The number of nitrogens with one attached hydrogen (secondary N) is 2. The van der Waals surface area contributed by atoms with E-state index in [0.29, 0.717) is 35.3 Å². The van der Waals surface area contributed by atoms with Gasteiger partial charge in [-0.1, -0.05) is 12.1 Å². The van der Waals surface area contributed by atoms with E-state index in [-0.39, 0.29) is 30.2 Å². The van der Waals surface area contributed by atoms with E-state index in [1.54, 1.807) is 48.0 Å². The fourth-order valence-corrected chi connectivity index (χ4v) is 3.88. The molecule has 2 N–H and O–H groups in total. The Hall–Kier alpha value is -3.75. The van der Waals surface area contributed by atoms with Crippen molar-refractivity contribution in [2.24, 2.45) is 0 Å². The molecule has 1 unspecified atom stereocenters. The standard InChI is InChI=1S/C23H23FN4O4/c1-3-32-23(31)20-12-28-11-15(5-7-21(28)27-20)17-6-4-14(8-19(17)24)18-9-16(26-22(18)30)10-25-13(2)29/h4-8,11-12,16,18H,3,9-10H2,1-2H3,(H,25,29)(H,26,30)/t16?,18-/m0/s1. The second-order valence-corrected chi connectivity index (χ2v) is 7.70. The van der Waals surface area contributed by atoms with E-state index in [1.807, 2.05) is 0 Å². The highest BCUT2D eigenvalue weighted by Crippen LogP contribution is 2.31. The maximum atomic E-state index is 15.0. The van der Waals surface area contributed by atoms with Crippen LogP contribution < -0.4 is 10.6 Å². The Bertz CT molecular complexity index is 1210. The zero-order valence-corrected chi connectivity index (χ0v) is 17.7. The van der Waals surface area contributed by atoms with Crippen molar-refractivity contribution in [1.29, 1.82) is 0 Å². The average molecular weight is 438 g/mol. The molecule has 2 atom stereocenters. The molecule has 166 valence electrons. The zero-order valence-electron chi connectivity index (χ0n) is 17.7.